The Bertz CT molecular complexity index is 326. The summed E-state index contributed by atoms with van der Waals surface area (Å²) in [5.41, 5.74) is 1.90. The molecule has 0 bridgehead atoms. The summed E-state index contributed by atoms with van der Waals surface area (Å²) < 4.78 is 6.56. The minimum atomic E-state index is -1.12. The van der Waals surface area contributed by atoms with Crippen LogP contribution in [0.1, 0.15) is 80.1 Å². The van der Waals surface area contributed by atoms with Gasteiger partial charge in [-0.2, -0.15) is 0 Å². The van der Waals surface area contributed by atoms with Crippen LogP contribution in [0.3, 0.4) is 0 Å². The SMILES string of the molecule is CC1CCC(C(C)C)C([SiH](O[SiH3])C2CC(C)CCC2C(C)C)C1. The van der Waals surface area contributed by atoms with Crippen molar-refractivity contribution in [3.63, 3.8) is 0 Å². The highest BCUT2D eigenvalue weighted by atomic mass is 28.3. The summed E-state index contributed by atoms with van der Waals surface area (Å²) in [6.45, 7) is 14.9. The van der Waals surface area contributed by atoms with Crippen molar-refractivity contribution in [3.8, 4) is 0 Å². The standard InChI is InChI=1S/C20H42OSi2/c1-13(2)17-9-7-15(5)11-19(17)23(21-22)20-12-16(6)8-10-18(20)14(3)4/h13-20,23H,7-12H2,1-6,22H3. The molecule has 2 aliphatic rings. The normalized spacial score (nSPS) is 40.7. The van der Waals surface area contributed by atoms with Gasteiger partial charge in [-0.1, -0.05) is 54.4 Å². The van der Waals surface area contributed by atoms with E-state index in [2.05, 4.69) is 41.5 Å². The Labute approximate surface area is 150 Å². The largest absolute Gasteiger partial charge is 0.465 e. The van der Waals surface area contributed by atoms with Gasteiger partial charge in [-0.05, 0) is 72.3 Å². The Balaban J connectivity index is 2.23. The van der Waals surface area contributed by atoms with Gasteiger partial charge in [0.2, 0.25) is 0 Å². The highest BCUT2D eigenvalue weighted by molar-refractivity contribution is 6.59. The monoisotopic (exact) mass is 354 g/mol. The van der Waals surface area contributed by atoms with E-state index >= 15 is 0 Å². The zero-order valence-corrected chi connectivity index (χ0v) is 20.0. The molecule has 3 heteroatoms. The lowest BCUT2D eigenvalue weighted by atomic mass is 9.76. The fourth-order valence-corrected chi connectivity index (χ4v) is 13.1. The lowest BCUT2D eigenvalue weighted by Gasteiger charge is -2.47. The first-order valence-corrected chi connectivity index (χ1v) is 13.0. The molecule has 1 nitrogen and oxygen atoms in total. The topological polar surface area (TPSA) is 9.23 Å². The van der Waals surface area contributed by atoms with Gasteiger partial charge in [0.05, 0.1) is 0 Å². The summed E-state index contributed by atoms with van der Waals surface area (Å²) in [6, 6.07) is 0. The zero-order chi connectivity index (χ0) is 17.1. The second-order valence-electron chi connectivity index (χ2n) is 9.68. The van der Waals surface area contributed by atoms with Crippen LogP contribution in [0.15, 0.2) is 0 Å². The molecule has 0 saturated heterocycles. The second kappa shape index (κ2) is 8.66. The number of hydrogen-bond acceptors (Lipinski definition) is 1. The van der Waals surface area contributed by atoms with Gasteiger partial charge < -0.3 is 4.12 Å². The minimum Gasteiger partial charge on any atom is -0.465 e. The molecule has 0 N–H and O–H groups in total. The fourth-order valence-electron chi connectivity index (χ4n) is 5.97. The van der Waals surface area contributed by atoms with Crippen molar-refractivity contribution in [2.24, 2.45) is 35.5 Å². The molecule has 2 rings (SSSR count). The predicted octanol–water partition coefficient (Wildman–Crippen LogP) is 4.93. The Morgan fingerprint density at radius 3 is 1.48 bits per heavy atom. The Hall–Kier alpha value is 0.394. The molecule has 0 aliphatic heterocycles. The molecule has 0 aromatic heterocycles. The molecule has 2 aliphatic carbocycles. The smallest absolute Gasteiger partial charge is 0.169 e. The fraction of sp³-hybridized carbons (Fsp3) is 1.00. The first-order valence-electron chi connectivity index (χ1n) is 10.4. The number of hydrogen-bond donors (Lipinski definition) is 0. The molecular formula is C20H42OSi2. The van der Waals surface area contributed by atoms with E-state index in [0.717, 1.165) is 57.1 Å². The maximum Gasteiger partial charge on any atom is 0.169 e. The van der Waals surface area contributed by atoms with Crippen molar-refractivity contribution >= 4 is 19.5 Å². The molecule has 2 saturated carbocycles. The first kappa shape index (κ1) is 19.7. The summed E-state index contributed by atoms with van der Waals surface area (Å²) in [7, 11) is -0.157. The second-order valence-corrected chi connectivity index (χ2v) is 14.2. The van der Waals surface area contributed by atoms with Crippen molar-refractivity contribution in [3.05, 3.63) is 0 Å². The first-order chi connectivity index (χ1) is 10.8. The number of rotatable bonds is 5. The van der Waals surface area contributed by atoms with Gasteiger partial charge in [0.25, 0.3) is 0 Å². The Morgan fingerprint density at radius 2 is 1.17 bits per heavy atom. The van der Waals surface area contributed by atoms with Crippen molar-refractivity contribution < 1.29 is 4.12 Å². The Morgan fingerprint density at radius 1 is 0.783 bits per heavy atom. The van der Waals surface area contributed by atoms with Gasteiger partial charge in [-0.25, -0.2) is 0 Å². The molecule has 0 spiro atoms. The van der Waals surface area contributed by atoms with Crippen LogP contribution in [0.2, 0.25) is 11.1 Å². The third-order valence-corrected chi connectivity index (χ3v) is 12.7. The van der Waals surface area contributed by atoms with Crippen LogP contribution in [0.5, 0.6) is 0 Å². The molecule has 136 valence electrons. The molecule has 0 aromatic carbocycles. The van der Waals surface area contributed by atoms with Crippen LogP contribution in [0.25, 0.3) is 0 Å². The lowest BCUT2D eigenvalue weighted by Crippen LogP contribution is -2.43. The van der Waals surface area contributed by atoms with E-state index in [9.17, 15) is 0 Å². The molecule has 2 fully saturated rings. The molecule has 0 aromatic rings. The molecule has 0 heterocycles. The molecule has 0 radical (unpaired) electrons. The maximum absolute atomic E-state index is 6.56. The van der Waals surface area contributed by atoms with Gasteiger partial charge in [-0.15, -0.1) is 0 Å². The molecule has 6 atom stereocenters. The van der Waals surface area contributed by atoms with Gasteiger partial charge in [-0.3, -0.25) is 0 Å². The molecule has 0 amide bonds. The van der Waals surface area contributed by atoms with Crippen LogP contribution in [0, 0.1) is 35.5 Å². The van der Waals surface area contributed by atoms with Crippen molar-refractivity contribution in [2.45, 2.75) is 91.1 Å². The zero-order valence-electron chi connectivity index (χ0n) is 16.8. The molecule has 23 heavy (non-hydrogen) atoms. The average Bonchev–Trinajstić information content (AvgIpc) is 2.47. The third kappa shape index (κ3) is 4.73. The van der Waals surface area contributed by atoms with Gasteiger partial charge >= 0.3 is 0 Å². The Kier molecular flexibility index (Phi) is 7.43. The van der Waals surface area contributed by atoms with Crippen LogP contribution in [-0.2, 0) is 4.12 Å². The quantitative estimate of drug-likeness (QED) is 0.636. The summed E-state index contributed by atoms with van der Waals surface area (Å²) in [4.78, 5) is 0. The highest BCUT2D eigenvalue weighted by Crippen LogP contribution is 2.51. The van der Waals surface area contributed by atoms with E-state index in [1.165, 1.54) is 38.5 Å². The molecule has 6 unspecified atom stereocenters. The van der Waals surface area contributed by atoms with E-state index in [1.807, 2.05) is 0 Å². The van der Waals surface area contributed by atoms with Crippen LogP contribution < -0.4 is 0 Å². The summed E-state index contributed by atoms with van der Waals surface area (Å²) in [6.07, 6.45) is 8.78. The maximum atomic E-state index is 6.56. The third-order valence-electron chi connectivity index (χ3n) is 7.26. The molecular weight excluding hydrogens is 312 g/mol. The van der Waals surface area contributed by atoms with E-state index in [0.29, 0.717) is 0 Å². The van der Waals surface area contributed by atoms with E-state index in [4.69, 9.17) is 4.12 Å². The van der Waals surface area contributed by atoms with Crippen LogP contribution >= 0.6 is 0 Å². The van der Waals surface area contributed by atoms with Crippen molar-refractivity contribution in [1.82, 2.24) is 0 Å². The van der Waals surface area contributed by atoms with Gasteiger partial charge in [0.1, 0.15) is 10.5 Å². The summed E-state index contributed by atoms with van der Waals surface area (Å²) in [5.74, 6) is 5.44. The van der Waals surface area contributed by atoms with Crippen molar-refractivity contribution in [2.75, 3.05) is 0 Å². The van der Waals surface area contributed by atoms with Crippen LogP contribution in [0.4, 0.5) is 0 Å². The minimum absolute atomic E-state index is 0.845. The average molecular weight is 355 g/mol. The van der Waals surface area contributed by atoms with Gasteiger partial charge in [0.15, 0.2) is 9.04 Å². The predicted molar refractivity (Wildman–Crippen MR) is 108 cm³/mol. The van der Waals surface area contributed by atoms with E-state index in [1.54, 1.807) is 0 Å². The van der Waals surface area contributed by atoms with E-state index in [-0.39, 0.29) is 0 Å². The summed E-state index contributed by atoms with van der Waals surface area (Å²) in [5, 5.41) is 0. The highest BCUT2D eigenvalue weighted by Gasteiger charge is 2.45. The van der Waals surface area contributed by atoms with E-state index < -0.39 is 9.04 Å². The van der Waals surface area contributed by atoms with Crippen LogP contribution in [-0.4, -0.2) is 19.5 Å². The summed E-state index contributed by atoms with van der Waals surface area (Å²) >= 11 is 0. The van der Waals surface area contributed by atoms with Gasteiger partial charge in [0, 0.05) is 0 Å². The van der Waals surface area contributed by atoms with Crippen molar-refractivity contribution in [1.29, 1.82) is 0 Å². The lowest BCUT2D eigenvalue weighted by molar-refractivity contribution is 0.194.